The molecule has 10 atom stereocenters. The number of aliphatic hydroxyl groups excluding tert-OH is 6. The van der Waals surface area contributed by atoms with E-state index in [2.05, 4.69) is 0 Å². The number of hydrogen-bond donors (Lipinski definition) is 10. The highest BCUT2D eigenvalue weighted by Gasteiger charge is 2.47. The van der Waals surface area contributed by atoms with E-state index in [9.17, 15) is 55.9 Å². The monoisotopic (exact) mass is 610 g/mol. The van der Waals surface area contributed by atoms with Crippen LogP contribution in [0.2, 0.25) is 0 Å². The van der Waals surface area contributed by atoms with Crippen molar-refractivity contribution in [1.29, 1.82) is 0 Å². The van der Waals surface area contributed by atoms with E-state index in [-0.39, 0.29) is 28.4 Å². The topological polar surface area (TPSA) is 269 Å². The minimum Gasteiger partial charge on any atom is -0.507 e. The zero-order valence-electron chi connectivity index (χ0n) is 22.3. The van der Waals surface area contributed by atoms with E-state index in [0.717, 1.165) is 24.3 Å². The van der Waals surface area contributed by atoms with Gasteiger partial charge in [0.1, 0.15) is 54.2 Å². The van der Waals surface area contributed by atoms with Crippen LogP contribution in [0.5, 0.6) is 28.7 Å². The Morgan fingerprint density at radius 2 is 1.35 bits per heavy atom. The maximum Gasteiger partial charge on any atom is 0.229 e. The maximum atomic E-state index is 12.0. The zero-order valence-corrected chi connectivity index (χ0v) is 22.3. The first kappa shape index (κ1) is 30.7. The minimum atomic E-state index is -1.89. The SMILES string of the molecule is C[C@@H]1O[C@@H](OC[C@H]2O[C@@H](Oc3cc4c(O)cc(=O)cc-4oc3-c3cc(O)c(O)c(O)c3)[C@H](O)[C@@H](O)[C@@H]2O)[C@H](O)[C@H](O)[C@H]1O. The second kappa shape index (κ2) is 11.8. The summed E-state index contributed by atoms with van der Waals surface area (Å²) in [6, 6.07) is 5.10. The summed E-state index contributed by atoms with van der Waals surface area (Å²) in [5.74, 6) is -3.57. The van der Waals surface area contributed by atoms with E-state index in [1.54, 1.807) is 0 Å². The number of aromatic hydroxyl groups is 4. The fourth-order valence-corrected chi connectivity index (χ4v) is 4.82. The highest BCUT2D eigenvalue weighted by Crippen LogP contribution is 2.45. The minimum absolute atomic E-state index is 0.0327. The standard InChI is InChI=1S/C27H30O16/c1-8-18(32)21(35)23(37)26(40-8)39-7-17-20(34)22(36)24(38)27(43-17)42-16-6-11-12(29)4-10(28)5-15(11)41-25(16)9-2-13(30)19(33)14(31)3-9/h2-6,8,17-18,20-24,26-27,29-38H,7H2,1H3/t8-,17+,18-,20+,21+,22-,23+,24+,26+,27+/m0/s1. The predicted molar refractivity (Wildman–Crippen MR) is 139 cm³/mol. The van der Waals surface area contributed by atoms with Crippen LogP contribution in [0.25, 0.3) is 22.6 Å². The quantitative estimate of drug-likeness (QED) is 0.139. The van der Waals surface area contributed by atoms with Crippen LogP contribution >= 0.6 is 0 Å². The molecule has 2 saturated heterocycles. The Bertz CT molecular complexity index is 1470. The molecule has 0 spiro atoms. The molecule has 0 aromatic heterocycles. The van der Waals surface area contributed by atoms with E-state index in [1.807, 2.05) is 0 Å². The summed E-state index contributed by atoms with van der Waals surface area (Å²) in [6.45, 7) is 0.866. The van der Waals surface area contributed by atoms with Gasteiger partial charge in [0.2, 0.25) is 6.29 Å². The summed E-state index contributed by atoms with van der Waals surface area (Å²) in [4.78, 5) is 12.0. The van der Waals surface area contributed by atoms with Gasteiger partial charge in [-0.3, -0.25) is 4.79 Å². The molecular weight excluding hydrogens is 580 g/mol. The van der Waals surface area contributed by atoms with Gasteiger partial charge in [0.05, 0.1) is 18.3 Å². The molecule has 0 radical (unpaired) electrons. The van der Waals surface area contributed by atoms with Gasteiger partial charge in [-0.1, -0.05) is 0 Å². The predicted octanol–water partition coefficient (Wildman–Crippen LogP) is -1.74. The van der Waals surface area contributed by atoms with Crippen LogP contribution in [-0.4, -0.2) is 119 Å². The second-order valence-corrected chi connectivity index (χ2v) is 10.3. The third-order valence-electron chi connectivity index (χ3n) is 7.28. The number of hydrogen-bond acceptors (Lipinski definition) is 16. The van der Waals surface area contributed by atoms with Crippen LogP contribution in [0.15, 0.2) is 39.5 Å². The second-order valence-electron chi connectivity index (χ2n) is 10.3. The summed E-state index contributed by atoms with van der Waals surface area (Å²) in [7, 11) is 0. The Morgan fingerprint density at radius 1 is 0.721 bits per heavy atom. The van der Waals surface area contributed by atoms with Crippen LogP contribution in [-0.2, 0) is 14.2 Å². The summed E-state index contributed by atoms with van der Waals surface area (Å²) in [5.41, 5.74) is -0.738. The molecule has 0 saturated carbocycles. The van der Waals surface area contributed by atoms with E-state index >= 15 is 0 Å². The highest BCUT2D eigenvalue weighted by molar-refractivity contribution is 5.77. The molecule has 2 fully saturated rings. The lowest BCUT2D eigenvalue weighted by atomic mass is 9.98. The van der Waals surface area contributed by atoms with Crippen molar-refractivity contribution in [3.8, 4) is 51.4 Å². The molecule has 0 amide bonds. The van der Waals surface area contributed by atoms with Gasteiger partial charge in [-0.15, -0.1) is 0 Å². The van der Waals surface area contributed by atoms with Gasteiger partial charge >= 0.3 is 0 Å². The van der Waals surface area contributed by atoms with Crippen LogP contribution in [0.4, 0.5) is 0 Å². The average Bonchev–Trinajstić information content (AvgIpc) is 2.96. The van der Waals surface area contributed by atoms with Crippen molar-refractivity contribution in [3.63, 3.8) is 0 Å². The summed E-state index contributed by atoms with van der Waals surface area (Å²) < 4.78 is 28.0. The van der Waals surface area contributed by atoms with E-state index in [1.165, 1.54) is 13.0 Å². The number of phenolic OH excluding ortho intramolecular Hbond substituents is 4. The van der Waals surface area contributed by atoms with Crippen LogP contribution < -0.4 is 10.2 Å². The van der Waals surface area contributed by atoms with Crippen LogP contribution in [0, 0.1) is 0 Å². The highest BCUT2D eigenvalue weighted by atomic mass is 16.7. The molecule has 10 N–H and O–H groups in total. The third-order valence-corrected chi connectivity index (χ3v) is 7.28. The van der Waals surface area contributed by atoms with Crippen molar-refractivity contribution >= 4 is 0 Å². The molecule has 5 rings (SSSR count). The van der Waals surface area contributed by atoms with E-state index in [0.29, 0.717) is 0 Å². The van der Waals surface area contributed by atoms with E-state index < -0.39 is 96.4 Å². The first-order chi connectivity index (χ1) is 20.3. The Morgan fingerprint density at radius 3 is 2.02 bits per heavy atom. The lowest BCUT2D eigenvalue weighted by Gasteiger charge is -2.42. The number of phenols is 4. The molecule has 43 heavy (non-hydrogen) atoms. The Balaban J connectivity index is 1.46. The van der Waals surface area contributed by atoms with Gasteiger partial charge in [-0.05, 0) is 25.1 Å². The molecule has 16 nitrogen and oxygen atoms in total. The molecule has 234 valence electrons. The van der Waals surface area contributed by atoms with Crippen molar-refractivity contribution in [3.05, 3.63) is 40.6 Å². The molecule has 3 heterocycles. The molecule has 16 heteroatoms. The molecular formula is C27H30O16. The Kier molecular flexibility index (Phi) is 8.41. The van der Waals surface area contributed by atoms with Crippen LogP contribution in [0.1, 0.15) is 6.92 Å². The summed E-state index contributed by atoms with van der Waals surface area (Å²) in [6.07, 6.45) is -15.7. The molecule has 1 aromatic rings. The molecule has 0 bridgehead atoms. The molecule has 4 aliphatic rings. The Labute approximate surface area is 241 Å². The van der Waals surface area contributed by atoms with Crippen molar-refractivity contribution in [2.24, 2.45) is 0 Å². The van der Waals surface area contributed by atoms with Gasteiger partial charge < -0.3 is 74.4 Å². The van der Waals surface area contributed by atoms with E-state index in [4.69, 9.17) is 23.4 Å². The fourth-order valence-electron chi connectivity index (χ4n) is 4.82. The molecule has 3 aliphatic heterocycles. The number of rotatable bonds is 6. The summed E-state index contributed by atoms with van der Waals surface area (Å²) >= 11 is 0. The molecule has 1 aliphatic carbocycles. The molecule has 1 aromatic carbocycles. The van der Waals surface area contributed by atoms with Crippen molar-refractivity contribution in [2.45, 2.75) is 68.3 Å². The van der Waals surface area contributed by atoms with Gasteiger partial charge in [0.15, 0.2) is 40.5 Å². The first-order valence-corrected chi connectivity index (χ1v) is 13.0. The average molecular weight is 611 g/mol. The normalized spacial score (nSPS) is 33.0. The largest absolute Gasteiger partial charge is 0.507 e. The van der Waals surface area contributed by atoms with Crippen molar-refractivity contribution < 1.29 is 74.4 Å². The maximum absolute atomic E-state index is 12.0. The van der Waals surface area contributed by atoms with Gasteiger partial charge in [0, 0.05) is 17.7 Å². The number of fused-ring (bicyclic) bond motifs is 1. The number of aliphatic hydroxyl groups is 6. The zero-order chi connectivity index (χ0) is 31.3. The fraction of sp³-hybridized carbons (Fsp3) is 0.444. The molecule has 0 unspecified atom stereocenters. The van der Waals surface area contributed by atoms with Crippen molar-refractivity contribution in [2.75, 3.05) is 6.61 Å². The number of ether oxygens (including phenoxy) is 4. The third kappa shape index (κ3) is 5.79. The Hall–Kier alpha value is -3.71. The summed E-state index contributed by atoms with van der Waals surface area (Å²) in [5, 5.41) is 102. The first-order valence-electron chi connectivity index (χ1n) is 13.0. The lowest BCUT2D eigenvalue weighted by Crippen LogP contribution is -2.61. The van der Waals surface area contributed by atoms with Crippen LogP contribution in [0.3, 0.4) is 0 Å². The van der Waals surface area contributed by atoms with Gasteiger partial charge in [-0.25, -0.2) is 0 Å². The lowest BCUT2D eigenvalue weighted by molar-refractivity contribution is -0.318. The van der Waals surface area contributed by atoms with Crippen molar-refractivity contribution in [1.82, 2.24) is 0 Å². The smallest absolute Gasteiger partial charge is 0.229 e. The van der Waals surface area contributed by atoms with Gasteiger partial charge in [-0.2, -0.15) is 0 Å². The number of benzene rings is 2. The van der Waals surface area contributed by atoms with Gasteiger partial charge in [0.25, 0.3) is 0 Å².